The average Bonchev–Trinajstić information content (AvgIpc) is 2.92. The van der Waals surface area contributed by atoms with Gasteiger partial charge in [-0.15, -0.1) is 0 Å². The predicted molar refractivity (Wildman–Crippen MR) is 147 cm³/mol. The molecular weight excluding hydrogens is 561 g/mol. The second kappa shape index (κ2) is 13.2. The SMILES string of the molecule is O=C1C=CC2C(=C1)OC1C=C(O)C=CC1C2C1=CC(C(=O)NCCCCCCOP(=O)(O)OS)CC=C1C(=O)O. The Bertz CT molecular complexity index is 1270. The zero-order valence-electron chi connectivity index (χ0n) is 21.5. The van der Waals surface area contributed by atoms with Crippen LogP contribution in [0.2, 0.25) is 0 Å². The maximum atomic E-state index is 13.0. The topological polar surface area (TPSA) is 169 Å². The van der Waals surface area contributed by atoms with Crippen LogP contribution >= 0.6 is 20.7 Å². The Balaban J connectivity index is 1.42. The molecule has 0 aromatic rings. The lowest BCUT2D eigenvalue weighted by molar-refractivity contribution is -0.132. The fourth-order valence-electron chi connectivity index (χ4n) is 5.42. The second-order valence-corrected chi connectivity index (χ2v) is 11.8. The first-order valence-corrected chi connectivity index (χ1v) is 14.9. The highest BCUT2D eigenvalue weighted by Gasteiger charge is 2.46. The lowest BCUT2D eigenvalue weighted by Crippen LogP contribution is -2.43. The van der Waals surface area contributed by atoms with Crippen molar-refractivity contribution in [1.29, 1.82) is 0 Å². The fourth-order valence-corrected chi connectivity index (χ4v) is 5.97. The van der Waals surface area contributed by atoms with E-state index >= 15 is 0 Å². The summed E-state index contributed by atoms with van der Waals surface area (Å²) in [5.74, 6) is -2.88. The second-order valence-electron chi connectivity index (χ2n) is 9.95. The van der Waals surface area contributed by atoms with Gasteiger partial charge in [-0.25, -0.2) is 13.3 Å². The number of aliphatic carboxylic acids is 1. The Labute approximate surface area is 237 Å². The number of hydrogen-bond acceptors (Lipinski definition) is 9. The largest absolute Gasteiger partial charge is 0.508 e. The average molecular weight is 594 g/mol. The van der Waals surface area contributed by atoms with Gasteiger partial charge in [-0.05, 0) is 56.0 Å². The molecule has 13 heteroatoms. The van der Waals surface area contributed by atoms with E-state index in [1.165, 1.54) is 18.2 Å². The first kappa shape index (κ1) is 30.1. The van der Waals surface area contributed by atoms with Crippen molar-refractivity contribution in [2.45, 2.75) is 38.2 Å². The molecule has 6 atom stereocenters. The van der Waals surface area contributed by atoms with Crippen molar-refractivity contribution in [3.8, 4) is 0 Å². The van der Waals surface area contributed by atoms with Gasteiger partial charge in [0.15, 0.2) is 5.78 Å². The van der Waals surface area contributed by atoms with E-state index in [0.29, 0.717) is 30.7 Å². The third-order valence-corrected chi connectivity index (χ3v) is 8.61. The number of phosphoric ester groups is 1. The van der Waals surface area contributed by atoms with Crippen LogP contribution in [0.4, 0.5) is 0 Å². The minimum atomic E-state index is -4.10. The van der Waals surface area contributed by atoms with Crippen LogP contribution in [0.1, 0.15) is 32.1 Å². The van der Waals surface area contributed by atoms with E-state index in [9.17, 15) is 29.2 Å². The Morgan fingerprint density at radius 1 is 1.15 bits per heavy atom. The Hall–Kier alpha value is -2.89. The molecule has 0 aromatic heterocycles. The van der Waals surface area contributed by atoms with Crippen molar-refractivity contribution >= 4 is 38.4 Å². The van der Waals surface area contributed by atoms with Crippen molar-refractivity contribution in [1.82, 2.24) is 5.32 Å². The summed E-state index contributed by atoms with van der Waals surface area (Å²) in [6.45, 7) is 0.469. The van der Waals surface area contributed by atoms with Crippen LogP contribution in [0.15, 0.2) is 71.3 Å². The summed E-state index contributed by atoms with van der Waals surface area (Å²) in [6.07, 6.45) is 15.0. The highest BCUT2D eigenvalue weighted by molar-refractivity contribution is 7.80. The minimum Gasteiger partial charge on any atom is -0.508 e. The van der Waals surface area contributed by atoms with Gasteiger partial charge in [0.2, 0.25) is 5.91 Å². The van der Waals surface area contributed by atoms with Crippen LogP contribution < -0.4 is 5.32 Å². The highest BCUT2D eigenvalue weighted by Crippen LogP contribution is 2.49. The monoisotopic (exact) mass is 593 g/mol. The highest BCUT2D eigenvalue weighted by atomic mass is 32.1. The van der Waals surface area contributed by atoms with Gasteiger partial charge in [-0.2, -0.15) is 0 Å². The number of ether oxygens (including phenoxy) is 1. The minimum absolute atomic E-state index is 0.0215. The molecule has 216 valence electrons. The molecule has 40 heavy (non-hydrogen) atoms. The van der Waals surface area contributed by atoms with Crippen molar-refractivity contribution in [2.75, 3.05) is 13.2 Å². The fraction of sp³-hybridized carbons (Fsp3) is 0.444. The maximum Gasteiger partial charge on any atom is 0.483 e. The van der Waals surface area contributed by atoms with Gasteiger partial charge in [0.1, 0.15) is 17.6 Å². The van der Waals surface area contributed by atoms with Crippen molar-refractivity contribution in [2.24, 2.45) is 23.7 Å². The zero-order valence-corrected chi connectivity index (χ0v) is 23.3. The molecule has 0 saturated carbocycles. The molecule has 11 nitrogen and oxygen atoms in total. The summed E-state index contributed by atoms with van der Waals surface area (Å²) in [5.41, 5.74) is 0.613. The van der Waals surface area contributed by atoms with Gasteiger partial charge in [0, 0.05) is 30.4 Å². The van der Waals surface area contributed by atoms with E-state index in [4.69, 9.17) is 14.2 Å². The number of amides is 1. The first-order chi connectivity index (χ1) is 19.1. The number of fused-ring (bicyclic) bond motifs is 2. The molecule has 1 aliphatic heterocycles. The Morgan fingerprint density at radius 2 is 1.93 bits per heavy atom. The van der Waals surface area contributed by atoms with Crippen LogP contribution in [0.25, 0.3) is 0 Å². The maximum absolute atomic E-state index is 13.0. The summed E-state index contributed by atoms with van der Waals surface area (Å²) in [7, 11) is -4.10. The number of carbonyl (C=O) groups excluding carboxylic acids is 2. The lowest BCUT2D eigenvalue weighted by Gasteiger charge is -2.45. The molecule has 1 amide bonds. The lowest BCUT2D eigenvalue weighted by atomic mass is 9.66. The van der Waals surface area contributed by atoms with Gasteiger partial charge in [-0.3, -0.25) is 14.1 Å². The molecule has 3 aliphatic carbocycles. The summed E-state index contributed by atoms with van der Waals surface area (Å²) in [5, 5.41) is 23.0. The molecule has 4 aliphatic rings. The molecule has 4 rings (SSSR count). The number of allylic oxidation sites excluding steroid dienone is 5. The Kier molecular flexibility index (Phi) is 9.91. The molecule has 1 heterocycles. The van der Waals surface area contributed by atoms with Gasteiger partial charge in [-0.1, -0.05) is 37.1 Å². The number of unbranched alkanes of at least 4 members (excludes halogenated alkanes) is 3. The number of aliphatic hydroxyl groups is 1. The van der Waals surface area contributed by atoms with Gasteiger partial charge in [0.05, 0.1) is 18.1 Å². The summed E-state index contributed by atoms with van der Waals surface area (Å²) >= 11 is 3.28. The number of carboxylic acids is 1. The van der Waals surface area contributed by atoms with E-state index in [0.717, 1.165) is 12.8 Å². The third-order valence-electron chi connectivity index (χ3n) is 7.28. The number of nitrogens with one attached hydrogen (secondary N) is 1. The molecule has 0 radical (unpaired) electrons. The molecule has 0 spiro atoms. The Morgan fingerprint density at radius 3 is 2.67 bits per heavy atom. The summed E-state index contributed by atoms with van der Waals surface area (Å²) in [4.78, 5) is 46.5. The zero-order chi connectivity index (χ0) is 28.9. The number of aliphatic hydroxyl groups excluding tert-OH is 1. The van der Waals surface area contributed by atoms with Crippen LogP contribution in [-0.4, -0.2) is 52.0 Å². The summed E-state index contributed by atoms with van der Waals surface area (Å²) < 4.78 is 26.0. The van der Waals surface area contributed by atoms with E-state index < -0.39 is 37.6 Å². The summed E-state index contributed by atoms with van der Waals surface area (Å²) in [6, 6.07) is 0. The van der Waals surface area contributed by atoms with Gasteiger partial charge >= 0.3 is 13.8 Å². The van der Waals surface area contributed by atoms with E-state index in [2.05, 4.69) is 22.2 Å². The quantitative estimate of drug-likeness (QED) is 0.0969. The molecule has 4 N–H and O–H groups in total. The number of carboxylic acid groups (broad SMARTS) is 1. The van der Waals surface area contributed by atoms with Crippen molar-refractivity contribution < 1.29 is 47.3 Å². The van der Waals surface area contributed by atoms with Crippen molar-refractivity contribution in [3.63, 3.8) is 0 Å². The standard InChI is InChI=1S/C27H32NO10PS/c29-17-6-9-20-23(14-17)37-24-15-18(30)7-10-21(24)25(20)22-13-16(5-8-19(22)27(32)33)26(31)28-11-3-1-2-4-12-36-39(34,35)38-40/h6-10,13-16,20-21,23,25,29,40H,1-5,11-12H2,(H,28,31)(H,32,33)(H,34,35). The molecule has 6 unspecified atom stereocenters. The van der Waals surface area contributed by atoms with Crippen LogP contribution in [0.5, 0.6) is 0 Å². The van der Waals surface area contributed by atoms with E-state index in [-0.39, 0.29) is 42.0 Å². The molecule has 1 saturated heterocycles. The van der Waals surface area contributed by atoms with Gasteiger partial charge < -0.3 is 25.2 Å². The number of carbonyl (C=O) groups is 3. The van der Waals surface area contributed by atoms with E-state index in [1.807, 2.05) is 0 Å². The molecule has 0 aromatic carbocycles. The normalized spacial score (nSPS) is 28.6. The van der Waals surface area contributed by atoms with Crippen molar-refractivity contribution in [3.05, 3.63) is 71.3 Å². The van der Waals surface area contributed by atoms with Gasteiger partial charge in [0.25, 0.3) is 0 Å². The molecule has 0 bridgehead atoms. The number of phosphoric acid groups is 1. The number of rotatable bonds is 12. The van der Waals surface area contributed by atoms with Crippen LogP contribution in [0, 0.1) is 23.7 Å². The smallest absolute Gasteiger partial charge is 0.483 e. The number of ketones is 1. The van der Waals surface area contributed by atoms with E-state index in [1.54, 1.807) is 30.4 Å². The molecular formula is C27H32NO10PS. The predicted octanol–water partition coefficient (Wildman–Crippen LogP) is 3.88. The third kappa shape index (κ3) is 7.24. The van der Waals surface area contributed by atoms with Crippen LogP contribution in [0.3, 0.4) is 0 Å². The molecule has 1 fully saturated rings. The number of hydrogen-bond donors (Lipinski definition) is 5. The number of thiol groups is 1. The first-order valence-electron chi connectivity index (χ1n) is 13.0. The van der Waals surface area contributed by atoms with Crippen LogP contribution in [-0.2, 0) is 32.2 Å².